The largest absolute Gasteiger partial charge is 0.586 e. The summed E-state index contributed by atoms with van der Waals surface area (Å²) in [6, 6.07) is 7.75. The summed E-state index contributed by atoms with van der Waals surface area (Å²) in [6.45, 7) is 0. The number of aromatic nitrogens is 1. The van der Waals surface area contributed by atoms with E-state index in [1.165, 1.54) is 18.3 Å². The van der Waals surface area contributed by atoms with Gasteiger partial charge in [0, 0.05) is 11.8 Å². The molecular formula is C12H9F2N3O2. The predicted octanol–water partition coefficient (Wildman–Crippen LogP) is 2.73. The number of alkyl halides is 2. The van der Waals surface area contributed by atoms with Crippen molar-refractivity contribution in [2.45, 2.75) is 6.29 Å². The molecule has 7 heteroatoms. The Morgan fingerprint density at radius 3 is 2.63 bits per heavy atom. The van der Waals surface area contributed by atoms with Gasteiger partial charge in [-0.1, -0.05) is 0 Å². The van der Waals surface area contributed by atoms with E-state index in [4.69, 9.17) is 5.73 Å². The number of hydrogen-bond acceptors (Lipinski definition) is 5. The van der Waals surface area contributed by atoms with Crippen molar-refractivity contribution in [2.75, 3.05) is 11.1 Å². The molecule has 0 saturated heterocycles. The normalized spacial score (nSPS) is 15.3. The number of benzene rings is 1. The fourth-order valence-corrected chi connectivity index (χ4v) is 1.65. The summed E-state index contributed by atoms with van der Waals surface area (Å²) in [5.74, 6) is 0.520. The Labute approximate surface area is 107 Å². The molecule has 3 rings (SSSR count). The van der Waals surface area contributed by atoms with Gasteiger partial charge in [0.25, 0.3) is 0 Å². The van der Waals surface area contributed by atoms with Crippen molar-refractivity contribution in [3.05, 3.63) is 36.5 Å². The van der Waals surface area contributed by atoms with Gasteiger partial charge in [0.05, 0.1) is 11.9 Å². The summed E-state index contributed by atoms with van der Waals surface area (Å²) in [7, 11) is 0. The van der Waals surface area contributed by atoms with Gasteiger partial charge in [-0.3, -0.25) is 0 Å². The maximum Gasteiger partial charge on any atom is 0.586 e. The molecule has 3 N–H and O–H groups in total. The number of fused-ring (bicyclic) bond motifs is 1. The first-order chi connectivity index (χ1) is 9.02. The highest BCUT2D eigenvalue weighted by Crippen LogP contribution is 2.42. The summed E-state index contributed by atoms with van der Waals surface area (Å²) < 4.78 is 34.4. The zero-order valence-corrected chi connectivity index (χ0v) is 9.56. The number of nitrogen functional groups attached to an aromatic ring is 1. The van der Waals surface area contributed by atoms with Crippen molar-refractivity contribution in [1.29, 1.82) is 0 Å². The lowest BCUT2D eigenvalue weighted by molar-refractivity contribution is -0.286. The van der Waals surface area contributed by atoms with Crippen LogP contribution in [0.1, 0.15) is 0 Å². The first kappa shape index (κ1) is 11.5. The minimum absolute atomic E-state index is 0.000755. The van der Waals surface area contributed by atoms with Gasteiger partial charge in [0.2, 0.25) is 0 Å². The lowest BCUT2D eigenvalue weighted by atomic mass is 10.2. The summed E-state index contributed by atoms with van der Waals surface area (Å²) in [4.78, 5) is 4.04. The Morgan fingerprint density at radius 2 is 1.89 bits per heavy atom. The molecule has 1 aliphatic heterocycles. The fraction of sp³-hybridized carbons (Fsp3) is 0.0833. The maximum absolute atomic E-state index is 12.8. The molecule has 2 heterocycles. The Bertz CT molecular complexity index is 617. The van der Waals surface area contributed by atoms with E-state index in [9.17, 15) is 8.78 Å². The topological polar surface area (TPSA) is 69.4 Å². The van der Waals surface area contributed by atoms with Crippen LogP contribution in [0.25, 0.3) is 0 Å². The van der Waals surface area contributed by atoms with Gasteiger partial charge in [-0.25, -0.2) is 4.98 Å². The highest BCUT2D eigenvalue weighted by Gasteiger charge is 2.43. The first-order valence-corrected chi connectivity index (χ1v) is 5.40. The number of pyridine rings is 1. The standard InChI is InChI=1S/C12H9F2N3O2/c13-12(14)18-9-3-2-8(5-10(9)19-12)17-11-4-1-7(15)6-16-11/h1-6H,15H2,(H,16,17). The van der Waals surface area contributed by atoms with E-state index in [1.807, 2.05) is 0 Å². The summed E-state index contributed by atoms with van der Waals surface area (Å²) in [5, 5.41) is 2.94. The molecule has 19 heavy (non-hydrogen) atoms. The van der Waals surface area contributed by atoms with Crippen molar-refractivity contribution in [1.82, 2.24) is 4.98 Å². The number of ether oxygens (including phenoxy) is 2. The summed E-state index contributed by atoms with van der Waals surface area (Å²) in [6.07, 6.45) is -2.12. The van der Waals surface area contributed by atoms with Crippen LogP contribution in [-0.4, -0.2) is 11.3 Å². The SMILES string of the molecule is Nc1ccc(Nc2ccc3c(c2)OC(F)(F)O3)nc1. The molecule has 0 aliphatic carbocycles. The fourth-order valence-electron chi connectivity index (χ4n) is 1.65. The number of nitrogens with zero attached hydrogens (tertiary/aromatic N) is 1. The molecule has 0 fully saturated rings. The minimum Gasteiger partial charge on any atom is -0.397 e. The number of rotatable bonds is 2. The second-order valence-electron chi connectivity index (χ2n) is 3.93. The van der Waals surface area contributed by atoms with Crippen molar-refractivity contribution in [2.24, 2.45) is 0 Å². The first-order valence-electron chi connectivity index (χ1n) is 5.40. The van der Waals surface area contributed by atoms with Gasteiger partial charge in [0.15, 0.2) is 11.5 Å². The smallest absolute Gasteiger partial charge is 0.397 e. The van der Waals surface area contributed by atoms with Crippen LogP contribution in [-0.2, 0) is 0 Å². The Balaban J connectivity index is 1.82. The molecule has 1 aliphatic rings. The molecule has 2 aromatic rings. The van der Waals surface area contributed by atoms with E-state index in [0.29, 0.717) is 17.2 Å². The molecule has 0 radical (unpaired) electrons. The molecule has 0 spiro atoms. The monoisotopic (exact) mass is 265 g/mol. The van der Waals surface area contributed by atoms with Crippen LogP contribution < -0.4 is 20.5 Å². The Morgan fingerprint density at radius 1 is 1.11 bits per heavy atom. The van der Waals surface area contributed by atoms with Gasteiger partial charge < -0.3 is 20.5 Å². The van der Waals surface area contributed by atoms with Crippen LogP contribution in [0.15, 0.2) is 36.5 Å². The Hall–Kier alpha value is -2.57. The van der Waals surface area contributed by atoms with Crippen LogP contribution in [0.3, 0.4) is 0 Å². The third-order valence-electron chi connectivity index (χ3n) is 2.46. The van der Waals surface area contributed by atoms with E-state index < -0.39 is 6.29 Å². The summed E-state index contributed by atoms with van der Waals surface area (Å²) >= 11 is 0. The van der Waals surface area contributed by atoms with E-state index in [-0.39, 0.29) is 11.5 Å². The Kier molecular flexibility index (Phi) is 2.41. The average molecular weight is 265 g/mol. The van der Waals surface area contributed by atoms with E-state index in [2.05, 4.69) is 19.8 Å². The molecule has 1 aromatic carbocycles. The van der Waals surface area contributed by atoms with Crippen molar-refractivity contribution >= 4 is 17.2 Å². The third kappa shape index (κ3) is 2.35. The lowest BCUT2D eigenvalue weighted by Gasteiger charge is -2.06. The number of nitrogens with one attached hydrogen (secondary N) is 1. The molecule has 0 saturated carbocycles. The molecule has 98 valence electrons. The third-order valence-corrected chi connectivity index (χ3v) is 2.46. The van der Waals surface area contributed by atoms with Crippen molar-refractivity contribution < 1.29 is 18.3 Å². The highest BCUT2D eigenvalue weighted by molar-refractivity contribution is 5.62. The summed E-state index contributed by atoms with van der Waals surface area (Å²) in [5.41, 5.74) is 6.60. The molecule has 0 unspecified atom stereocenters. The van der Waals surface area contributed by atoms with E-state index >= 15 is 0 Å². The van der Waals surface area contributed by atoms with Gasteiger partial charge >= 0.3 is 6.29 Å². The zero-order chi connectivity index (χ0) is 13.5. The highest BCUT2D eigenvalue weighted by atomic mass is 19.3. The van der Waals surface area contributed by atoms with Crippen molar-refractivity contribution in [3.63, 3.8) is 0 Å². The second kappa shape index (κ2) is 3.98. The number of hydrogen-bond donors (Lipinski definition) is 2. The van der Waals surface area contributed by atoms with E-state index in [0.717, 1.165) is 0 Å². The molecular weight excluding hydrogens is 256 g/mol. The molecule has 0 bridgehead atoms. The number of anilines is 3. The van der Waals surface area contributed by atoms with Crippen LogP contribution >= 0.6 is 0 Å². The second-order valence-corrected chi connectivity index (χ2v) is 3.93. The van der Waals surface area contributed by atoms with Crippen LogP contribution in [0.5, 0.6) is 11.5 Å². The number of halogens is 2. The van der Waals surface area contributed by atoms with Crippen molar-refractivity contribution in [3.8, 4) is 11.5 Å². The molecule has 0 amide bonds. The van der Waals surface area contributed by atoms with Crippen LogP contribution in [0.2, 0.25) is 0 Å². The average Bonchev–Trinajstić information content (AvgIpc) is 2.65. The minimum atomic E-state index is -3.61. The maximum atomic E-state index is 12.8. The molecule has 0 atom stereocenters. The van der Waals surface area contributed by atoms with E-state index in [1.54, 1.807) is 18.2 Å². The van der Waals surface area contributed by atoms with Crippen LogP contribution in [0.4, 0.5) is 26.0 Å². The lowest BCUT2D eigenvalue weighted by Crippen LogP contribution is -2.25. The van der Waals surface area contributed by atoms with Crippen LogP contribution in [0, 0.1) is 0 Å². The van der Waals surface area contributed by atoms with Gasteiger partial charge in [-0.2, -0.15) is 0 Å². The quantitative estimate of drug-likeness (QED) is 0.873. The van der Waals surface area contributed by atoms with Gasteiger partial charge in [0.1, 0.15) is 5.82 Å². The van der Waals surface area contributed by atoms with Gasteiger partial charge in [-0.15, -0.1) is 8.78 Å². The number of nitrogens with two attached hydrogens (primary N) is 1. The molecule has 5 nitrogen and oxygen atoms in total. The zero-order valence-electron chi connectivity index (χ0n) is 9.56. The van der Waals surface area contributed by atoms with Gasteiger partial charge in [-0.05, 0) is 24.3 Å². The predicted molar refractivity (Wildman–Crippen MR) is 64.6 cm³/mol. The molecule has 1 aromatic heterocycles.